The van der Waals surface area contributed by atoms with Gasteiger partial charge in [-0.2, -0.15) is 0 Å². The molecular weight excluding hydrogens is 200 g/mol. The molecule has 3 heteroatoms. The summed E-state index contributed by atoms with van der Waals surface area (Å²) >= 11 is 0. The van der Waals surface area contributed by atoms with Crippen molar-refractivity contribution in [3.05, 3.63) is 41.1 Å². The van der Waals surface area contributed by atoms with Gasteiger partial charge in [-0.25, -0.2) is 0 Å². The summed E-state index contributed by atoms with van der Waals surface area (Å²) < 4.78 is 5.33. The molecule has 0 amide bonds. The lowest BCUT2D eigenvalue weighted by Gasteiger charge is -2.02. The summed E-state index contributed by atoms with van der Waals surface area (Å²) in [4.78, 5) is 0. The van der Waals surface area contributed by atoms with E-state index in [1.165, 1.54) is 11.1 Å². The normalized spacial score (nSPS) is 10.7. The zero-order valence-corrected chi connectivity index (χ0v) is 9.87. The van der Waals surface area contributed by atoms with Crippen LogP contribution in [0.15, 0.2) is 28.8 Å². The van der Waals surface area contributed by atoms with Crippen LogP contribution < -0.4 is 5.32 Å². The third-order valence-corrected chi connectivity index (χ3v) is 2.56. The fraction of sp³-hybridized carbons (Fsp3) is 0.308. The average Bonchev–Trinajstić information content (AvgIpc) is 2.67. The van der Waals surface area contributed by atoms with Gasteiger partial charge in [0.05, 0.1) is 5.69 Å². The predicted octanol–water partition coefficient (Wildman–Crippen LogP) is 2.68. The third-order valence-electron chi connectivity index (χ3n) is 2.56. The van der Waals surface area contributed by atoms with E-state index in [1.54, 1.807) is 0 Å². The van der Waals surface area contributed by atoms with Gasteiger partial charge in [0, 0.05) is 18.2 Å². The van der Waals surface area contributed by atoms with E-state index in [1.807, 2.05) is 13.1 Å². The van der Waals surface area contributed by atoms with Crippen LogP contribution in [0.5, 0.6) is 0 Å². The van der Waals surface area contributed by atoms with Crippen molar-refractivity contribution in [1.82, 2.24) is 10.5 Å². The van der Waals surface area contributed by atoms with Crippen molar-refractivity contribution in [3.63, 3.8) is 0 Å². The third kappa shape index (κ3) is 2.14. The molecule has 0 unspecified atom stereocenters. The Hall–Kier alpha value is -1.61. The summed E-state index contributed by atoms with van der Waals surface area (Å²) in [6, 6.07) is 8.29. The first-order valence-electron chi connectivity index (χ1n) is 5.38. The van der Waals surface area contributed by atoms with Crippen molar-refractivity contribution < 1.29 is 4.52 Å². The van der Waals surface area contributed by atoms with Crippen molar-refractivity contribution in [2.24, 2.45) is 0 Å². The van der Waals surface area contributed by atoms with Gasteiger partial charge >= 0.3 is 0 Å². The minimum Gasteiger partial charge on any atom is -0.356 e. The van der Waals surface area contributed by atoms with Crippen molar-refractivity contribution in [2.75, 3.05) is 7.05 Å². The second-order valence-electron chi connectivity index (χ2n) is 4.03. The van der Waals surface area contributed by atoms with Crippen LogP contribution in [0.4, 0.5) is 0 Å². The molecule has 16 heavy (non-hydrogen) atoms. The summed E-state index contributed by atoms with van der Waals surface area (Å²) in [5.74, 6) is 0.836. The number of rotatable bonds is 3. The lowest BCUT2D eigenvalue weighted by atomic mass is 10.0. The maximum Gasteiger partial charge on any atom is 0.167 e. The van der Waals surface area contributed by atoms with Crippen LogP contribution in [0.2, 0.25) is 0 Å². The molecule has 2 rings (SSSR count). The van der Waals surface area contributed by atoms with Crippen molar-refractivity contribution >= 4 is 0 Å². The molecule has 84 valence electrons. The van der Waals surface area contributed by atoms with Crippen LogP contribution in [-0.4, -0.2) is 12.2 Å². The largest absolute Gasteiger partial charge is 0.356 e. The summed E-state index contributed by atoms with van der Waals surface area (Å²) in [5.41, 5.74) is 4.52. The second kappa shape index (κ2) is 4.49. The molecule has 0 bridgehead atoms. The van der Waals surface area contributed by atoms with Gasteiger partial charge in [0.25, 0.3) is 0 Å². The van der Waals surface area contributed by atoms with Crippen LogP contribution >= 0.6 is 0 Å². The van der Waals surface area contributed by atoms with E-state index in [0.717, 1.165) is 23.6 Å². The van der Waals surface area contributed by atoms with Crippen molar-refractivity contribution in [1.29, 1.82) is 0 Å². The molecular formula is C13H16N2O. The van der Waals surface area contributed by atoms with E-state index in [0.29, 0.717) is 0 Å². The number of benzene rings is 1. The molecule has 1 N–H and O–H groups in total. The van der Waals surface area contributed by atoms with E-state index in [4.69, 9.17) is 4.52 Å². The summed E-state index contributed by atoms with van der Waals surface area (Å²) in [5, 5.41) is 7.06. The topological polar surface area (TPSA) is 38.1 Å². The minimum absolute atomic E-state index is 0.731. The quantitative estimate of drug-likeness (QED) is 0.857. The molecule has 0 aliphatic heterocycles. The molecule has 1 aromatic heterocycles. The average molecular weight is 216 g/mol. The Labute approximate surface area is 95.5 Å². The highest BCUT2D eigenvalue weighted by Gasteiger charge is 2.08. The van der Waals surface area contributed by atoms with Gasteiger partial charge in [-0.1, -0.05) is 28.9 Å². The smallest absolute Gasteiger partial charge is 0.167 e. The molecule has 0 saturated heterocycles. The maximum absolute atomic E-state index is 5.33. The molecule has 0 atom stereocenters. The monoisotopic (exact) mass is 216 g/mol. The first-order valence-corrected chi connectivity index (χ1v) is 5.38. The van der Waals surface area contributed by atoms with Gasteiger partial charge in [0.1, 0.15) is 0 Å². The number of hydrogen-bond acceptors (Lipinski definition) is 3. The highest BCUT2D eigenvalue weighted by molar-refractivity contribution is 5.62. The summed E-state index contributed by atoms with van der Waals surface area (Å²) in [6.45, 7) is 4.90. The molecule has 1 aromatic carbocycles. The number of aryl methyl sites for hydroxylation is 2. The van der Waals surface area contributed by atoms with Crippen molar-refractivity contribution in [3.8, 4) is 11.3 Å². The van der Waals surface area contributed by atoms with Gasteiger partial charge < -0.3 is 9.84 Å². The Bertz CT molecular complexity index is 488. The Kier molecular flexibility index (Phi) is 3.06. The Balaban J connectivity index is 2.35. The molecule has 0 aliphatic rings. The lowest BCUT2D eigenvalue weighted by Crippen LogP contribution is -2.04. The Morgan fingerprint density at radius 1 is 1.25 bits per heavy atom. The molecule has 0 saturated carbocycles. The SMILES string of the molecule is CNCc1cc(-c2ccc(C)cc2C)on1. The first kappa shape index (κ1) is 10.9. The van der Waals surface area contributed by atoms with E-state index in [-0.39, 0.29) is 0 Å². The minimum atomic E-state index is 0.731. The number of nitrogens with zero attached hydrogens (tertiary/aromatic N) is 1. The standard InChI is InChI=1S/C13H16N2O/c1-9-4-5-12(10(2)6-9)13-7-11(8-14-3)15-16-13/h4-7,14H,8H2,1-3H3. The zero-order valence-electron chi connectivity index (χ0n) is 9.87. The Morgan fingerprint density at radius 2 is 2.06 bits per heavy atom. The lowest BCUT2D eigenvalue weighted by molar-refractivity contribution is 0.421. The highest BCUT2D eigenvalue weighted by atomic mass is 16.5. The number of nitrogens with one attached hydrogen (secondary N) is 1. The molecule has 0 radical (unpaired) electrons. The fourth-order valence-corrected chi connectivity index (χ4v) is 1.79. The van der Waals surface area contributed by atoms with E-state index in [2.05, 4.69) is 42.5 Å². The van der Waals surface area contributed by atoms with E-state index < -0.39 is 0 Å². The van der Waals surface area contributed by atoms with E-state index >= 15 is 0 Å². The zero-order chi connectivity index (χ0) is 11.5. The van der Waals surface area contributed by atoms with Gasteiger partial charge in [0.15, 0.2) is 5.76 Å². The summed E-state index contributed by atoms with van der Waals surface area (Å²) in [7, 11) is 1.89. The number of hydrogen-bond donors (Lipinski definition) is 1. The van der Waals surface area contributed by atoms with Gasteiger partial charge in [-0.05, 0) is 26.5 Å². The fourth-order valence-electron chi connectivity index (χ4n) is 1.79. The predicted molar refractivity (Wildman–Crippen MR) is 64.2 cm³/mol. The van der Waals surface area contributed by atoms with Crippen LogP contribution in [-0.2, 0) is 6.54 Å². The van der Waals surface area contributed by atoms with Crippen LogP contribution in [0, 0.1) is 13.8 Å². The molecule has 0 spiro atoms. The molecule has 1 heterocycles. The van der Waals surface area contributed by atoms with Crippen molar-refractivity contribution in [2.45, 2.75) is 20.4 Å². The molecule has 2 aromatic rings. The van der Waals surface area contributed by atoms with Crippen LogP contribution in [0.25, 0.3) is 11.3 Å². The van der Waals surface area contributed by atoms with Gasteiger partial charge in [-0.15, -0.1) is 0 Å². The Morgan fingerprint density at radius 3 is 2.75 bits per heavy atom. The first-order chi connectivity index (χ1) is 7.70. The van der Waals surface area contributed by atoms with Crippen LogP contribution in [0.3, 0.4) is 0 Å². The van der Waals surface area contributed by atoms with Gasteiger partial charge in [-0.3, -0.25) is 0 Å². The number of aromatic nitrogens is 1. The molecule has 0 aliphatic carbocycles. The van der Waals surface area contributed by atoms with Crippen LogP contribution in [0.1, 0.15) is 16.8 Å². The molecule has 3 nitrogen and oxygen atoms in total. The summed E-state index contributed by atoms with van der Waals surface area (Å²) in [6.07, 6.45) is 0. The second-order valence-corrected chi connectivity index (χ2v) is 4.03. The maximum atomic E-state index is 5.33. The molecule has 0 fully saturated rings. The highest BCUT2D eigenvalue weighted by Crippen LogP contribution is 2.24. The van der Waals surface area contributed by atoms with E-state index in [9.17, 15) is 0 Å². The van der Waals surface area contributed by atoms with Gasteiger partial charge in [0.2, 0.25) is 0 Å².